The molecular weight excluding hydrogens is 423 g/mol. The van der Waals surface area contributed by atoms with Gasteiger partial charge in [-0.15, -0.1) is 0 Å². The van der Waals surface area contributed by atoms with Crippen LogP contribution in [0.4, 0.5) is 0 Å². The maximum Gasteiger partial charge on any atom is 0.261 e. The highest BCUT2D eigenvalue weighted by atomic mass is 35.5. The number of nitrogens with one attached hydrogen (secondary N) is 1. The van der Waals surface area contributed by atoms with Crippen molar-refractivity contribution in [1.82, 2.24) is 10.2 Å². The van der Waals surface area contributed by atoms with Crippen LogP contribution in [-0.2, 0) is 16.1 Å². The second-order valence-electron chi connectivity index (χ2n) is 7.35. The van der Waals surface area contributed by atoms with Gasteiger partial charge in [-0.05, 0) is 55.2 Å². The number of ether oxygens (including phenoxy) is 1. The minimum absolute atomic E-state index is 0.175. The fraction of sp³-hybridized carbons (Fsp3) is 0.391. The van der Waals surface area contributed by atoms with Crippen LogP contribution in [0, 0.1) is 0 Å². The lowest BCUT2D eigenvalue weighted by molar-refractivity contribution is -0.142. The Morgan fingerprint density at radius 1 is 1.03 bits per heavy atom. The Kier molecular flexibility index (Phi) is 9.00. The summed E-state index contributed by atoms with van der Waals surface area (Å²) < 4.78 is 5.68. The summed E-state index contributed by atoms with van der Waals surface area (Å²) in [6.45, 7) is 8.27. The number of hydrogen-bond donors (Lipinski definition) is 1. The van der Waals surface area contributed by atoms with Crippen molar-refractivity contribution >= 4 is 35.0 Å². The zero-order chi connectivity index (χ0) is 22.3. The SMILES string of the molecule is CCNC(=O)[C@H](C)N(Cc1ccc(Cl)c(Cl)c1)C(=O)COc1ccc(C(C)C)cc1. The third-order valence-electron chi connectivity index (χ3n) is 4.76. The third kappa shape index (κ3) is 6.64. The quantitative estimate of drug-likeness (QED) is 0.581. The molecule has 1 N–H and O–H groups in total. The smallest absolute Gasteiger partial charge is 0.261 e. The van der Waals surface area contributed by atoms with Crippen molar-refractivity contribution in [3.05, 3.63) is 63.6 Å². The molecule has 0 fully saturated rings. The fourth-order valence-electron chi connectivity index (χ4n) is 2.92. The van der Waals surface area contributed by atoms with Crippen molar-refractivity contribution in [2.45, 2.75) is 46.2 Å². The molecule has 0 aliphatic rings. The first-order chi connectivity index (χ1) is 14.2. The molecule has 0 saturated carbocycles. The average Bonchev–Trinajstić information content (AvgIpc) is 2.72. The summed E-state index contributed by atoms with van der Waals surface area (Å²) in [7, 11) is 0. The lowest BCUT2D eigenvalue weighted by atomic mass is 10.0. The Hall–Kier alpha value is -2.24. The second kappa shape index (κ2) is 11.2. The highest BCUT2D eigenvalue weighted by molar-refractivity contribution is 6.42. The van der Waals surface area contributed by atoms with Crippen molar-refractivity contribution in [2.75, 3.05) is 13.2 Å². The first kappa shape index (κ1) is 24.0. The monoisotopic (exact) mass is 450 g/mol. The molecule has 0 aliphatic heterocycles. The molecule has 2 rings (SSSR count). The number of nitrogens with zero attached hydrogens (tertiary/aromatic N) is 1. The van der Waals surface area contributed by atoms with Crippen molar-refractivity contribution in [3.8, 4) is 5.75 Å². The molecule has 0 heterocycles. The summed E-state index contributed by atoms with van der Waals surface area (Å²) in [4.78, 5) is 26.8. The minimum atomic E-state index is -0.668. The van der Waals surface area contributed by atoms with Gasteiger partial charge in [0.2, 0.25) is 5.91 Å². The zero-order valence-corrected chi connectivity index (χ0v) is 19.3. The molecule has 5 nitrogen and oxygen atoms in total. The van der Waals surface area contributed by atoms with Crippen molar-refractivity contribution in [2.24, 2.45) is 0 Å². The van der Waals surface area contributed by atoms with E-state index in [1.54, 1.807) is 25.1 Å². The third-order valence-corrected chi connectivity index (χ3v) is 5.50. The Labute approximate surface area is 188 Å². The molecule has 0 unspecified atom stereocenters. The molecule has 30 heavy (non-hydrogen) atoms. The van der Waals surface area contributed by atoms with Gasteiger partial charge in [-0.1, -0.05) is 55.2 Å². The average molecular weight is 451 g/mol. The molecule has 1 atom stereocenters. The summed E-state index contributed by atoms with van der Waals surface area (Å²) >= 11 is 12.1. The van der Waals surface area contributed by atoms with Crippen LogP contribution in [0.1, 0.15) is 44.7 Å². The van der Waals surface area contributed by atoms with Crippen molar-refractivity contribution in [1.29, 1.82) is 0 Å². The second-order valence-corrected chi connectivity index (χ2v) is 8.17. The number of carbonyl (C=O) groups excluding carboxylic acids is 2. The maximum absolute atomic E-state index is 13.0. The predicted molar refractivity (Wildman–Crippen MR) is 121 cm³/mol. The van der Waals surface area contributed by atoms with E-state index in [9.17, 15) is 9.59 Å². The number of rotatable bonds is 9. The lowest BCUT2D eigenvalue weighted by Crippen LogP contribution is -2.49. The van der Waals surface area contributed by atoms with E-state index in [-0.39, 0.29) is 25.0 Å². The van der Waals surface area contributed by atoms with E-state index < -0.39 is 6.04 Å². The van der Waals surface area contributed by atoms with Gasteiger partial charge in [-0.25, -0.2) is 0 Å². The van der Waals surface area contributed by atoms with Gasteiger partial charge in [0, 0.05) is 13.1 Å². The Morgan fingerprint density at radius 3 is 2.27 bits per heavy atom. The van der Waals surface area contributed by atoms with Gasteiger partial charge >= 0.3 is 0 Å². The number of likely N-dealkylation sites (N-methyl/N-ethyl adjacent to an activating group) is 1. The van der Waals surface area contributed by atoms with Crippen LogP contribution in [0.3, 0.4) is 0 Å². The van der Waals surface area contributed by atoms with Crippen molar-refractivity contribution < 1.29 is 14.3 Å². The first-order valence-electron chi connectivity index (χ1n) is 9.96. The summed E-state index contributed by atoms with van der Waals surface area (Å²) in [5.41, 5.74) is 1.97. The number of benzene rings is 2. The molecule has 2 amide bonds. The molecular formula is C23H28Cl2N2O3. The molecule has 0 saturated heterocycles. The largest absolute Gasteiger partial charge is 0.484 e. The number of halogens is 2. The Bertz CT molecular complexity index is 869. The van der Waals surface area contributed by atoms with Crippen LogP contribution in [0.25, 0.3) is 0 Å². The van der Waals surface area contributed by atoms with E-state index in [1.807, 2.05) is 31.2 Å². The number of carbonyl (C=O) groups is 2. The van der Waals surface area contributed by atoms with Gasteiger partial charge in [0.05, 0.1) is 10.0 Å². The summed E-state index contributed by atoms with van der Waals surface area (Å²) in [5.74, 6) is 0.494. The van der Waals surface area contributed by atoms with Gasteiger partial charge in [0.15, 0.2) is 6.61 Å². The summed E-state index contributed by atoms with van der Waals surface area (Å²) in [6, 6.07) is 12.1. The van der Waals surface area contributed by atoms with Gasteiger partial charge in [0.1, 0.15) is 11.8 Å². The Balaban J connectivity index is 2.14. The van der Waals surface area contributed by atoms with Crippen LogP contribution in [0.2, 0.25) is 10.0 Å². The standard InChI is InChI=1S/C23H28Cl2N2O3/c1-5-26-23(29)16(4)27(13-17-6-11-20(24)21(25)12-17)22(28)14-30-19-9-7-18(8-10-19)15(2)3/h6-12,15-16H,5,13-14H2,1-4H3,(H,26,29)/t16-/m0/s1. The van der Waals surface area contributed by atoms with E-state index in [0.717, 1.165) is 5.56 Å². The maximum atomic E-state index is 13.0. The predicted octanol–water partition coefficient (Wildman–Crippen LogP) is 5.05. The van der Waals surface area contributed by atoms with Crippen molar-refractivity contribution in [3.63, 3.8) is 0 Å². The van der Waals surface area contributed by atoms with Crippen LogP contribution in [-0.4, -0.2) is 35.9 Å². The van der Waals surface area contributed by atoms with Gasteiger partial charge in [-0.3, -0.25) is 9.59 Å². The highest BCUT2D eigenvalue weighted by Crippen LogP contribution is 2.24. The molecule has 0 bridgehead atoms. The van der Waals surface area contributed by atoms with E-state index >= 15 is 0 Å². The minimum Gasteiger partial charge on any atom is -0.484 e. The van der Waals surface area contributed by atoms with E-state index in [1.165, 1.54) is 10.5 Å². The lowest BCUT2D eigenvalue weighted by Gasteiger charge is -2.28. The molecule has 2 aromatic rings. The molecule has 0 radical (unpaired) electrons. The first-order valence-corrected chi connectivity index (χ1v) is 10.7. The fourth-order valence-corrected chi connectivity index (χ4v) is 3.24. The number of amides is 2. The normalized spacial score (nSPS) is 11.8. The van der Waals surface area contributed by atoms with Gasteiger partial charge in [-0.2, -0.15) is 0 Å². The van der Waals surface area contributed by atoms with E-state index in [0.29, 0.717) is 28.3 Å². The highest BCUT2D eigenvalue weighted by Gasteiger charge is 2.26. The topological polar surface area (TPSA) is 58.6 Å². The summed E-state index contributed by atoms with van der Waals surface area (Å²) in [6.07, 6.45) is 0. The van der Waals surface area contributed by atoms with Crippen LogP contribution >= 0.6 is 23.2 Å². The Morgan fingerprint density at radius 2 is 1.70 bits per heavy atom. The van der Waals surface area contributed by atoms with E-state index in [4.69, 9.17) is 27.9 Å². The van der Waals surface area contributed by atoms with Gasteiger partial charge in [0.25, 0.3) is 5.91 Å². The van der Waals surface area contributed by atoms with E-state index in [2.05, 4.69) is 19.2 Å². The zero-order valence-electron chi connectivity index (χ0n) is 17.7. The van der Waals surface area contributed by atoms with Crippen LogP contribution in [0.5, 0.6) is 5.75 Å². The molecule has 7 heteroatoms. The van der Waals surface area contributed by atoms with Gasteiger partial charge < -0.3 is 15.0 Å². The molecule has 0 spiro atoms. The number of hydrogen-bond acceptors (Lipinski definition) is 3. The van der Waals surface area contributed by atoms with Crippen LogP contribution in [0.15, 0.2) is 42.5 Å². The van der Waals surface area contributed by atoms with Crippen LogP contribution < -0.4 is 10.1 Å². The molecule has 2 aromatic carbocycles. The molecule has 0 aromatic heterocycles. The summed E-state index contributed by atoms with van der Waals surface area (Å²) in [5, 5.41) is 3.59. The molecule has 0 aliphatic carbocycles. The molecule has 162 valence electrons.